The van der Waals surface area contributed by atoms with E-state index in [1.165, 1.54) is 77.0 Å². The minimum Gasteiger partial charge on any atom is -0.463 e. The van der Waals surface area contributed by atoms with E-state index >= 15 is 0 Å². The Morgan fingerprint density at radius 2 is 0.477 bits per heavy atom. The van der Waals surface area contributed by atoms with Gasteiger partial charge in [0.2, 0.25) is 0 Å². The first kappa shape index (κ1) is 103. The second-order valence-corrected chi connectivity index (χ2v) is 30.0. The molecule has 0 aliphatic heterocycles. The van der Waals surface area contributed by atoms with Crippen LogP contribution in [-0.4, -0.2) is 95.9 Å². The lowest BCUT2D eigenvalue weighted by Gasteiger charge is -2.21. The number of ether oxygens (including phenoxy) is 3. The average Bonchev–Trinajstić information content (AvgIpc) is 0.904. The van der Waals surface area contributed by atoms with Crippen LogP contribution in [0.5, 0.6) is 0 Å². The van der Waals surface area contributed by atoms with Crippen LogP contribution in [0.3, 0.4) is 0 Å². The monoisotopic (exact) mass is 1560 g/mol. The molecular weight excluding hydrogens is 1410 g/mol. The van der Waals surface area contributed by atoms with E-state index in [4.69, 9.17) is 32.3 Å². The molecule has 0 bridgehead atoms. The molecule has 0 aromatic carbocycles. The van der Waals surface area contributed by atoms with Crippen LogP contribution in [0.1, 0.15) is 303 Å². The summed E-state index contributed by atoms with van der Waals surface area (Å²) in [7, 11) is -9.84. The first-order chi connectivity index (χ1) is 53.2. The number of hydrogen-bond acceptors (Lipinski definition) is 14. The number of phosphoric acid groups is 2. The van der Waals surface area contributed by atoms with Crippen molar-refractivity contribution in [3.63, 3.8) is 0 Å². The number of esters is 3. The minimum atomic E-state index is -4.96. The zero-order chi connectivity index (χ0) is 79.4. The average molecular weight is 1560 g/mol. The summed E-state index contributed by atoms with van der Waals surface area (Å²) in [5.74, 6) is -1.69. The van der Waals surface area contributed by atoms with Crippen molar-refractivity contribution >= 4 is 33.6 Å². The van der Waals surface area contributed by atoms with Gasteiger partial charge in [-0.3, -0.25) is 32.5 Å². The number of hydrogen-bond donors (Lipinski definition) is 4. The zero-order valence-electron chi connectivity index (χ0n) is 67.6. The van der Waals surface area contributed by atoms with Gasteiger partial charge in [0.1, 0.15) is 25.4 Å². The highest BCUT2D eigenvalue weighted by Gasteiger charge is 2.29. The summed E-state index contributed by atoms with van der Waals surface area (Å²) in [6, 6.07) is 0. The number of rotatable bonds is 77. The van der Waals surface area contributed by atoms with Crippen molar-refractivity contribution in [1.82, 2.24) is 0 Å². The van der Waals surface area contributed by atoms with Crippen LogP contribution in [0.4, 0.5) is 0 Å². The number of carbonyl (C=O) groups excluding carboxylic acids is 3. The molecule has 0 saturated heterocycles. The highest BCUT2D eigenvalue weighted by Crippen LogP contribution is 2.45. The van der Waals surface area contributed by atoms with Crippen molar-refractivity contribution < 1.29 is 75.8 Å². The van der Waals surface area contributed by atoms with Gasteiger partial charge in [0.15, 0.2) is 6.10 Å². The number of phosphoric ester groups is 2. The quantitative estimate of drug-likeness (QED) is 0.0146. The van der Waals surface area contributed by atoms with Gasteiger partial charge in [-0.15, -0.1) is 0 Å². The normalized spacial score (nSPS) is 14.9. The number of carbonyl (C=O) groups is 3. The minimum absolute atomic E-state index is 0.0280. The van der Waals surface area contributed by atoms with E-state index in [2.05, 4.69) is 197 Å². The van der Waals surface area contributed by atoms with Crippen molar-refractivity contribution in [1.29, 1.82) is 0 Å². The molecule has 0 fully saturated rings. The summed E-state index contributed by atoms with van der Waals surface area (Å²) in [6.45, 7) is 2.24. The van der Waals surface area contributed by atoms with E-state index in [1.54, 1.807) is 0 Å². The van der Waals surface area contributed by atoms with Gasteiger partial charge in [0.05, 0.1) is 26.4 Å². The topological polar surface area (TPSA) is 231 Å². The summed E-state index contributed by atoms with van der Waals surface area (Å²) < 4.78 is 61.2. The molecule has 0 rings (SSSR count). The van der Waals surface area contributed by atoms with Gasteiger partial charge < -0.3 is 34.2 Å². The molecule has 18 heteroatoms. The van der Waals surface area contributed by atoms with Crippen molar-refractivity contribution in [2.24, 2.45) is 0 Å². The Balaban J connectivity index is 4.69. The van der Waals surface area contributed by atoms with Crippen molar-refractivity contribution in [2.75, 3.05) is 39.6 Å². The van der Waals surface area contributed by atoms with Crippen LogP contribution in [0.2, 0.25) is 0 Å². The summed E-state index contributed by atoms with van der Waals surface area (Å²) in [5, 5.41) is 20.7. The molecule has 5 atom stereocenters. The molecule has 0 aromatic heterocycles. The first-order valence-corrected chi connectivity index (χ1v) is 44.7. The van der Waals surface area contributed by atoms with E-state index in [0.29, 0.717) is 25.7 Å². The van der Waals surface area contributed by atoms with Crippen LogP contribution < -0.4 is 0 Å². The molecule has 0 aliphatic carbocycles. The van der Waals surface area contributed by atoms with Crippen LogP contribution in [0.25, 0.3) is 0 Å². The van der Waals surface area contributed by atoms with Gasteiger partial charge in [0, 0.05) is 19.3 Å². The molecule has 0 radical (unpaired) electrons. The molecule has 0 aromatic rings. The predicted molar refractivity (Wildman–Crippen MR) is 454 cm³/mol. The second kappa shape index (κ2) is 81.9. The maximum absolute atomic E-state index is 13.0. The zero-order valence-corrected chi connectivity index (χ0v) is 69.4. The van der Waals surface area contributed by atoms with E-state index in [0.717, 1.165) is 161 Å². The van der Waals surface area contributed by atoms with Gasteiger partial charge in [-0.1, -0.05) is 331 Å². The van der Waals surface area contributed by atoms with E-state index in [-0.39, 0.29) is 19.3 Å². The third-order valence-corrected chi connectivity index (χ3v) is 18.7. The number of aliphatic hydroxyl groups excluding tert-OH is 2. The highest BCUT2D eigenvalue weighted by atomic mass is 31.2. The Bertz CT molecular complexity index is 2760. The standard InChI is InChI=1S/C91H148O16P2/c1-4-7-10-13-16-19-22-25-28-31-34-36-38-40-42-44-46-48-51-53-56-59-62-65-68-71-74-77-89(94)101-80-86(92)81-103-108(97,98)104-82-87(93)83-105-109(99,100)106-85-88(107-91(96)79-76-73-70-67-64-61-58-55-50-33-30-27-24-21-18-15-12-9-6-3)84-102-90(95)78-75-72-69-66-63-60-57-54-52-49-47-45-43-41-39-37-35-32-29-26-23-20-17-14-11-8-5-2/h7-12,16-21,25-30,34-37,40-43,50,55,61,64,70,73,86-88,92-93H,4-6,13-15,22-24,31-33,38-39,44-49,51-54,56-60,62-63,65-69,71-72,74-85H2,1-3H3,(H,97,98)(H,99,100)/b10-7-,11-8-,12-9-,19-16-,20-17-,21-18-,28-25-,29-26-,30-27-,36-34-,37-35-,42-40-,43-41-,55-50-,64-61-,73-70-. The predicted octanol–water partition coefficient (Wildman–Crippen LogP) is 25.1. The summed E-state index contributed by atoms with van der Waals surface area (Å²) in [4.78, 5) is 58.8. The molecular formula is C91H148O16P2. The van der Waals surface area contributed by atoms with Crippen molar-refractivity contribution in [3.8, 4) is 0 Å². The van der Waals surface area contributed by atoms with E-state index < -0.39 is 91.5 Å². The lowest BCUT2D eigenvalue weighted by molar-refractivity contribution is -0.161. The van der Waals surface area contributed by atoms with E-state index in [9.17, 15) is 43.5 Å². The molecule has 5 unspecified atom stereocenters. The smallest absolute Gasteiger partial charge is 0.463 e. The Kier molecular flexibility index (Phi) is 77.7. The maximum Gasteiger partial charge on any atom is 0.472 e. The third-order valence-electron chi connectivity index (χ3n) is 16.8. The second-order valence-electron chi connectivity index (χ2n) is 27.1. The summed E-state index contributed by atoms with van der Waals surface area (Å²) in [6.07, 6.45) is 108. The highest BCUT2D eigenvalue weighted by molar-refractivity contribution is 7.47. The largest absolute Gasteiger partial charge is 0.472 e. The Morgan fingerprint density at radius 1 is 0.257 bits per heavy atom. The maximum atomic E-state index is 13.0. The molecule has 0 aliphatic rings. The number of aliphatic hydroxyl groups is 2. The lowest BCUT2D eigenvalue weighted by atomic mass is 10.0. The van der Waals surface area contributed by atoms with E-state index in [1.807, 2.05) is 18.2 Å². The lowest BCUT2D eigenvalue weighted by Crippen LogP contribution is -2.29. The van der Waals surface area contributed by atoms with Crippen molar-refractivity contribution in [3.05, 3.63) is 194 Å². The van der Waals surface area contributed by atoms with Gasteiger partial charge >= 0.3 is 33.6 Å². The number of allylic oxidation sites excluding steroid dienone is 32. The van der Waals surface area contributed by atoms with Gasteiger partial charge in [-0.25, -0.2) is 9.13 Å². The summed E-state index contributed by atoms with van der Waals surface area (Å²) in [5.41, 5.74) is 0. The van der Waals surface area contributed by atoms with Crippen LogP contribution in [-0.2, 0) is 55.8 Å². The van der Waals surface area contributed by atoms with Gasteiger partial charge in [-0.2, -0.15) is 0 Å². The van der Waals surface area contributed by atoms with Crippen LogP contribution in [0, 0.1) is 0 Å². The molecule has 618 valence electrons. The van der Waals surface area contributed by atoms with Gasteiger partial charge in [-0.05, 0) is 148 Å². The Hall–Kier alpha value is -5.61. The first-order valence-electron chi connectivity index (χ1n) is 41.7. The molecule has 4 N–H and O–H groups in total. The van der Waals surface area contributed by atoms with Crippen LogP contribution in [0.15, 0.2) is 194 Å². The third kappa shape index (κ3) is 83.2. The Labute approximate surface area is 661 Å². The molecule has 0 saturated carbocycles. The molecule has 16 nitrogen and oxygen atoms in total. The number of unbranched alkanes of at least 4 members (excludes halogenated alkanes) is 22. The molecule has 0 amide bonds. The fourth-order valence-corrected chi connectivity index (χ4v) is 12.2. The van der Waals surface area contributed by atoms with Gasteiger partial charge in [0.25, 0.3) is 0 Å². The molecule has 0 spiro atoms. The fraction of sp³-hybridized carbons (Fsp3) is 0.615. The fourth-order valence-electron chi connectivity index (χ4n) is 10.6. The van der Waals surface area contributed by atoms with Crippen LogP contribution >= 0.6 is 15.6 Å². The Morgan fingerprint density at radius 3 is 0.761 bits per heavy atom. The molecule has 0 heterocycles. The summed E-state index contributed by atoms with van der Waals surface area (Å²) >= 11 is 0. The van der Waals surface area contributed by atoms with Crippen molar-refractivity contribution in [2.45, 2.75) is 322 Å². The molecule has 109 heavy (non-hydrogen) atoms. The SMILES string of the molecule is CC/C=C\C/C=C\C/C=C\C/C=C\C/C=C\C/C=C\CCC(=O)OC(COC(=O)CCCCCCCCCCCCC/C=C\C/C=C\C/C=C\C/C=C\C/C=C\CC)COP(=O)(O)OCC(O)COP(=O)(O)OCC(O)COC(=O)CCCCCCCCCCCCC/C=C\C/C=C\C/C=C\C/C=C\C/C=C\CC.